The van der Waals surface area contributed by atoms with Gasteiger partial charge in [0.2, 0.25) is 0 Å². The third kappa shape index (κ3) is 2.46. The highest BCUT2D eigenvalue weighted by Gasteiger charge is 2.47. The number of benzene rings is 1. The summed E-state index contributed by atoms with van der Waals surface area (Å²) in [7, 11) is -1.35. The van der Waals surface area contributed by atoms with Crippen molar-refractivity contribution in [2.45, 2.75) is 41.8 Å². The number of hydrogen-bond donors (Lipinski definition) is 0. The Morgan fingerprint density at radius 2 is 1.38 bits per heavy atom. The maximum atomic E-state index is 3.97. The summed E-state index contributed by atoms with van der Waals surface area (Å²) in [5.41, 5.74) is 1.37. The lowest BCUT2D eigenvalue weighted by Crippen LogP contribution is -2.47. The van der Waals surface area contributed by atoms with Crippen molar-refractivity contribution >= 4 is 39.9 Å². The summed E-state index contributed by atoms with van der Waals surface area (Å²) < 4.78 is 0.0203. The maximum Gasteiger partial charge on any atom is 0.0957 e. The molecule has 0 atom stereocenters. The minimum absolute atomic E-state index is 0.0203. The lowest BCUT2D eigenvalue weighted by Gasteiger charge is -2.41. The van der Waals surface area contributed by atoms with E-state index in [-0.39, 0.29) is 2.86 Å². The van der Waals surface area contributed by atoms with Crippen LogP contribution < -0.4 is 0 Å². The molecule has 90 valence electrons. The van der Waals surface area contributed by atoms with E-state index < -0.39 is 8.07 Å². The summed E-state index contributed by atoms with van der Waals surface area (Å²) in [5, 5.41) is 0. The van der Waals surface area contributed by atoms with Gasteiger partial charge in [0, 0.05) is 0 Å². The Hall–Kier alpha value is 0.397. The van der Waals surface area contributed by atoms with Gasteiger partial charge in [0.15, 0.2) is 0 Å². The first-order valence-corrected chi connectivity index (χ1v) is 10.2. The van der Waals surface area contributed by atoms with Crippen molar-refractivity contribution in [2.24, 2.45) is 0 Å². The third-order valence-electron chi connectivity index (χ3n) is 3.83. The van der Waals surface area contributed by atoms with Gasteiger partial charge in [-0.3, -0.25) is 0 Å². The normalized spacial score (nSPS) is 12.8. The smallest absolute Gasteiger partial charge is 0.0714 e. The van der Waals surface area contributed by atoms with Crippen LogP contribution in [0.3, 0.4) is 0 Å². The van der Waals surface area contributed by atoms with E-state index in [0.717, 1.165) is 0 Å². The second-order valence-electron chi connectivity index (χ2n) is 4.28. The zero-order chi connectivity index (χ0) is 12.2. The average Bonchev–Trinajstić information content (AvgIpc) is 2.33. The molecule has 0 aliphatic carbocycles. The fourth-order valence-corrected chi connectivity index (χ4v) is 11.6. The highest BCUT2D eigenvalue weighted by molar-refractivity contribution is 9.25. The molecule has 0 unspecified atom stereocenters. The highest BCUT2D eigenvalue weighted by Crippen LogP contribution is 2.51. The Bertz CT molecular complexity index is 310. The van der Waals surface area contributed by atoms with Crippen LogP contribution in [-0.2, 0) is 2.86 Å². The van der Waals surface area contributed by atoms with Crippen molar-refractivity contribution in [1.82, 2.24) is 0 Å². The van der Waals surface area contributed by atoms with Gasteiger partial charge in [-0.15, -0.1) is 0 Å². The fourth-order valence-electron chi connectivity index (χ4n) is 2.37. The predicted octanol–water partition coefficient (Wildman–Crippen LogP) is 5.68. The molecule has 0 saturated carbocycles. The Balaban J connectivity index is 3.18. The Labute approximate surface area is 117 Å². The van der Waals surface area contributed by atoms with E-state index in [4.69, 9.17) is 0 Å². The van der Waals surface area contributed by atoms with E-state index >= 15 is 0 Å². The molecule has 0 fully saturated rings. The zero-order valence-corrected chi connectivity index (χ0v) is 14.4. The molecule has 1 rings (SSSR count). The molecule has 3 heteroatoms. The Morgan fingerprint density at radius 1 is 0.938 bits per heavy atom. The standard InChI is InChI=1S/C13H20Br2Si/c1-4-16(5-2,6-3)13(14,15)12-10-8-7-9-11-12/h7-11H,4-6H2,1-3H3. The van der Waals surface area contributed by atoms with Gasteiger partial charge in [-0.2, -0.15) is 0 Å². The molecule has 0 saturated heterocycles. The van der Waals surface area contributed by atoms with Gasteiger partial charge in [-0.05, 0) is 5.56 Å². The summed E-state index contributed by atoms with van der Waals surface area (Å²) >= 11 is 7.95. The fraction of sp³-hybridized carbons (Fsp3) is 0.538. The van der Waals surface area contributed by atoms with Gasteiger partial charge in [-0.1, -0.05) is 101 Å². The molecule has 16 heavy (non-hydrogen) atoms. The number of rotatable bonds is 5. The minimum Gasteiger partial charge on any atom is -0.0714 e. The van der Waals surface area contributed by atoms with E-state index in [2.05, 4.69) is 83.0 Å². The second-order valence-corrected chi connectivity index (χ2v) is 14.6. The molecule has 0 aliphatic heterocycles. The van der Waals surface area contributed by atoms with Gasteiger partial charge in [0.25, 0.3) is 0 Å². The molecule has 0 bridgehead atoms. The van der Waals surface area contributed by atoms with Crippen LogP contribution in [0.15, 0.2) is 30.3 Å². The molecule has 0 spiro atoms. The van der Waals surface area contributed by atoms with E-state index in [1.165, 1.54) is 23.7 Å². The first kappa shape index (κ1) is 14.5. The van der Waals surface area contributed by atoms with Crippen LogP contribution in [0.25, 0.3) is 0 Å². The van der Waals surface area contributed by atoms with Gasteiger partial charge >= 0.3 is 0 Å². The van der Waals surface area contributed by atoms with Crippen LogP contribution in [-0.4, -0.2) is 8.07 Å². The summed E-state index contributed by atoms with van der Waals surface area (Å²) in [4.78, 5) is 0. The van der Waals surface area contributed by atoms with Crippen LogP contribution in [0, 0.1) is 0 Å². The first-order chi connectivity index (χ1) is 7.54. The van der Waals surface area contributed by atoms with Crippen molar-refractivity contribution < 1.29 is 0 Å². The van der Waals surface area contributed by atoms with Crippen LogP contribution in [0.1, 0.15) is 26.3 Å². The van der Waals surface area contributed by atoms with Crippen LogP contribution >= 0.6 is 31.9 Å². The minimum atomic E-state index is -1.35. The molecule has 0 heterocycles. The highest BCUT2D eigenvalue weighted by atomic mass is 79.9. The Kier molecular flexibility index (Phi) is 5.27. The Morgan fingerprint density at radius 3 is 1.75 bits per heavy atom. The molecule has 0 N–H and O–H groups in total. The van der Waals surface area contributed by atoms with Crippen molar-refractivity contribution in [3.05, 3.63) is 35.9 Å². The monoisotopic (exact) mass is 362 g/mol. The molecule has 0 aromatic heterocycles. The number of alkyl halides is 2. The predicted molar refractivity (Wildman–Crippen MR) is 83.2 cm³/mol. The molecule has 0 radical (unpaired) electrons. The maximum absolute atomic E-state index is 3.97. The summed E-state index contributed by atoms with van der Waals surface area (Å²) in [5.74, 6) is 0. The molecular weight excluding hydrogens is 344 g/mol. The van der Waals surface area contributed by atoms with Crippen LogP contribution in [0.4, 0.5) is 0 Å². The number of halogens is 2. The first-order valence-electron chi connectivity index (χ1n) is 5.97. The SMILES string of the molecule is CC[Si](CC)(CC)C(Br)(Br)c1ccccc1. The summed E-state index contributed by atoms with van der Waals surface area (Å²) in [6.45, 7) is 7.00. The van der Waals surface area contributed by atoms with E-state index in [9.17, 15) is 0 Å². The summed E-state index contributed by atoms with van der Waals surface area (Å²) in [6, 6.07) is 14.6. The number of hydrogen-bond acceptors (Lipinski definition) is 0. The third-order valence-corrected chi connectivity index (χ3v) is 15.5. The van der Waals surface area contributed by atoms with Crippen molar-refractivity contribution in [1.29, 1.82) is 0 Å². The topological polar surface area (TPSA) is 0 Å². The largest absolute Gasteiger partial charge is 0.0957 e. The molecule has 1 aromatic carbocycles. The zero-order valence-electron chi connectivity index (χ0n) is 10.3. The molecule has 1 aromatic rings. The molecule has 0 nitrogen and oxygen atoms in total. The van der Waals surface area contributed by atoms with Gasteiger partial charge < -0.3 is 0 Å². The molecule has 0 aliphatic rings. The van der Waals surface area contributed by atoms with E-state index in [1.54, 1.807) is 0 Å². The molecule has 0 amide bonds. The lowest BCUT2D eigenvalue weighted by molar-refractivity contribution is 1.07. The molecular formula is C13H20Br2Si. The summed E-state index contributed by atoms with van der Waals surface area (Å²) in [6.07, 6.45) is 0. The van der Waals surface area contributed by atoms with Crippen LogP contribution in [0.2, 0.25) is 18.1 Å². The van der Waals surface area contributed by atoms with E-state index in [1.807, 2.05) is 0 Å². The average molecular weight is 364 g/mol. The van der Waals surface area contributed by atoms with Crippen molar-refractivity contribution in [3.63, 3.8) is 0 Å². The quantitative estimate of drug-likeness (QED) is 0.466. The van der Waals surface area contributed by atoms with Crippen molar-refractivity contribution in [3.8, 4) is 0 Å². The second kappa shape index (κ2) is 5.83. The van der Waals surface area contributed by atoms with Gasteiger partial charge in [0.05, 0.1) is 10.9 Å². The van der Waals surface area contributed by atoms with Crippen molar-refractivity contribution in [2.75, 3.05) is 0 Å². The van der Waals surface area contributed by atoms with Crippen LogP contribution in [0.5, 0.6) is 0 Å². The van der Waals surface area contributed by atoms with Gasteiger partial charge in [0.1, 0.15) is 0 Å². The lowest BCUT2D eigenvalue weighted by atomic mass is 10.2. The van der Waals surface area contributed by atoms with E-state index in [0.29, 0.717) is 0 Å². The van der Waals surface area contributed by atoms with Gasteiger partial charge in [-0.25, -0.2) is 0 Å².